The number of anilines is 2. The summed E-state index contributed by atoms with van der Waals surface area (Å²) in [6.07, 6.45) is 1.29. The minimum absolute atomic E-state index is 0.801. The second-order valence-electron chi connectivity index (χ2n) is 4.35. The highest BCUT2D eigenvalue weighted by Crippen LogP contribution is 2.30. The predicted octanol–water partition coefficient (Wildman–Crippen LogP) is 2.42. The van der Waals surface area contributed by atoms with Crippen LogP contribution in [-0.2, 0) is 0 Å². The molecule has 2 rings (SSSR count). The van der Waals surface area contributed by atoms with Crippen LogP contribution in [0.25, 0.3) is 0 Å². The summed E-state index contributed by atoms with van der Waals surface area (Å²) in [5.41, 5.74) is 9.41. The molecule has 0 aromatic heterocycles. The van der Waals surface area contributed by atoms with Gasteiger partial charge in [0.05, 0.1) is 11.4 Å². The van der Waals surface area contributed by atoms with Gasteiger partial charge in [-0.1, -0.05) is 19.1 Å². The Bertz CT molecular complexity index is 333. The van der Waals surface area contributed by atoms with E-state index in [0.29, 0.717) is 0 Å². The molecule has 1 aromatic rings. The smallest absolute Gasteiger partial charge is 0.0602 e. The van der Waals surface area contributed by atoms with Crippen LogP contribution < -0.4 is 10.6 Å². The summed E-state index contributed by atoms with van der Waals surface area (Å²) in [5, 5.41) is 0. The molecule has 2 N–H and O–H groups in total. The van der Waals surface area contributed by atoms with Gasteiger partial charge in [-0.3, -0.25) is 0 Å². The number of nitrogen functional groups attached to an aromatic ring is 1. The Kier molecular flexibility index (Phi) is 2.36. The maximum Gasteiger partial charge on any atom is 0.0602 e. The molecule has 1 heterocycles. The van der Waals surface area contributed by atoms with Crippen LogP contribution in [0.4, 0.5) is 11.4 Å². The van der Waals surface area contributed by atoms with Crippen molar-refractivity contribution in [3.05, 3.63) is 23.8 Å². The van der Waals surface area contributed by atoms with Gasteiger partial charge < -0.3 is 10.6 Å². The molecule has 76 valence electrons. The number of rotatable bonds is 1. The fourth-order valence-corrected chi connectivity index (χ4v) is 2.09. The molecule has 0 spiro atoms. The largest absolute Gasteiger partial charge is 0.397 e. The van der Waals surface area contributed by atoms with Gasteiger partial charge in [0.1, 0.15) is 0 Å². The summed E-state index contributed by atoms with van der Waals surface area (Å²) in [7, 11) is 0. The second kappa shape index (κ2) is 3.52. The van der Waals surface area contributed by atoms with E-state index < -0.39 is 0 Å². The van der Waals surface area contributed by atoms with Crippen LogP contribution in [0.5, 0.6) is 0 Å². The fraction of sp³-hybridized carbons (Fsp3) is 0.500. The van der Waals surface area contributed by atoms with Crippen LogP contribution in [0, 0.1) is 12.8 Å². The normalized spacial score (nSPS) is 21.6. The first-order valence-corrected chi connectivity index (χ1v) is 5.28. The topological polar surface area (TPSA) is 29.3 Å². The van der Waals surface area contributed by atoms with Crippen molar-refractivity contribution in [1.82, 2.24) is 0 Å². The summed E-state index contributed by atoms with van der Waals surface area (Å²) in [4.78, 5) is 2.40. The zero-order valence-electron chi connectivity index (χ0n) is 8.96. The van der Waals surface area contributed by atoms with Gasteiger partial charge in [-0.2, -0.15) is 0 Å². The molecular formula is C12H18N2. The minimum atomic E-state index is 0.801. The molecule has 2 nitrogen and oxygen atoms in total. The fourth-order valence-electron chi connectivity index (χ4n) is 2.09. The van der Waals surface area contributed by atoms with Gasteiger partial charge in [0.25, 0.3) is 0 Å². The molecule has 0 saturated carbocycles. The summed E-state index contributed by atoms with van der Waals surface area (Å²) in [6.45, 7) is 6.66. The van der Waals surface area contributed by atoms with Gasteiger partial charge >= 0.3 is 0 Å². The molecule has 1 aliphatic heterocycles. The molecule has 1 unspecified atom stereocenters. The third-order valence-corrected chi connectivity index (χ3v) is 3.07. The zero-order chi connectivity index (χ0) is 10.1. The number of nitrogens with two attached hydrogens (primary N) is 1. The highest BCUT2D eigenvalue weighted by Gasteiger charge is 2.20. The van der Waals surface area contributed by atoms with Crippen molar-refractivity contribution in [1.29, 1.82) is 0 Å². The molecular weight excluding hydrogens is 172 g/mol. The van der Waals surface area contributed by atoms with Gasteiger partial charge in [-0.05, 0) is 30.9 Å². The van der Waals surface area contributed by atoms with Crippen LogP contribution in [-0.4, -0.2) is 13.1 Å². The third kappa shape index (κ3) is 1.57. The van der Waals surface area contributed by atoms with E-state index in [1.165, 1.54) is 17.7 Å². The van der Waals surface area contributed by atoms with E-state index in [-0.39, 0.29) is 0 Å². The number of benzene rings is 1. The zero-order valence-corrected chi connectivity index (χ0v) is 8.96. The predicted molar refractivity (Wildman–Crippen MR) is 61.6 cm³/mol. The lowest BCUT2D eigenvalue weighted by Gasteiger charge is -2.21. The number of hydrogen-bond acceptors (Lipinski definition) is 2. The van der Waals surface area contributed by atoms with Crippen LogP contribution in [0.1, 0.15) is 18.9 Å². The van der Waals surface area contributed by atoms with Gasteiger partial charge in [0.2, 0.25) is 0 Å². The van der Waals surface area contributed by atoms with Crippen molar-refractivity contribution in [2.24, 2.45) is 5.92 Å². The molecule has 2 heteroatoms. The number of aryl methyl sites for hydroxylation is 1. The van der Waals surface area contributed by atoms with Gasteiger partial charge in [0, 0.05) is 13.1 Å². The van der Waals surface area contributed by atoms with Gasteiger partial charge in [-0.15, -0.1) is 0 Å². The van der Waals surface area contributed by atoms with Crippen LogP contribution in [0.15, 0.2) is 18.2 Å². The lowest BCUT2D eigenvalue weighted by molar-refractivity contribution is 0.659. The first-order chi connectivity index (χ1) is 6.68. The maximum absolute atomic E-state index is 6.07. The Morgan fingerprint density at radius 1 is 1.43 bits per heavy atom. The molecule has 1 saturated heterocycles. The maximum atomic E-state index is 6.07. The Hall–Kier alpha value is -1.18. The number of nitrogens with zero attached hydrogens (tertiary/aromatic N) is 1. The average molecular weight is 190 g/mol. The van der Waals surface area contributed by atoms with E-state index >= 15 is 0 Å². The highest BCUT2D eigenvalue weighted by molar-refractivity contribution is 5.71. The third-order valence-electron chi connectivity index (χ3n) is 3.07. The first kappa shape index (κ1) is 9.38. The van der Waals surface area contributed by atoms with Crippen molar-refractivity contribution in [3.8, 4) is 0 Å². The van der Waals surface area contributed by atoms with Gasteiger partial charge in [0.15, 0.2) is 0 Å². The Balaban J connectivity index is 2.28. The van der Waals surface area contributed by atoms with Crippen LogP contribution in [0.2, 0.25) is 0 Å². The van der Waals surface area contributed by atoms with Crippen molar-refractivity contribution in [2.45, 2.75) is 20.3 Å². The van der Waals surface area contributed by atoms with Crippen molar-refractivity contribution < 1.29 is 0 Å². The van der Waals surface area contributed by atoms with Crippen LogP contribution >= 0.6 is 0 Å². The SMILES string of the molecule is Cc1cccc(N2CCC(C)C2)c1N. The Labute approximate surface area is 85.7 Å². The van der Waals surface area contributed by atoms with Crippen molar-refractivity contribution >= 4 is 11.4 Å². The lowest BCUT2D eigenvalue weighted by atomic mass is 10.1. The monoisotopic (exact) mass is 190 g/mol. The van der Waals surface area contributed by atoms with E-state index in [0.717, 1.165) is 24.7 Å². The molecule has 0 radical (unpaired) electrons. The molecule has 1 atom stereocenters. The van der Waals surface area contributed by atoms with E-state index in [9.17, 15) is 0 Å². The van der Waals surface area contributed by atoms with Crippen molar-refractivity contribution in [3.63, 3.8) is 0 Å². The summed E-state index contributed by atoms with van der Waals surface area (Å²) >= 11 is 0. The standard InChI is InChI=1S/C12H18N2/c1-9-6-7-14(8-9)11-5-3-4-10(2)12(11)13/h3-5,9H,6-8,13H2,1-2H3. The second-order valence-corrected chi connectivity index (χ2v) is 4.35. The van der Waals surface area contributed by atoms with E-state index in [2.05, 4.69) is 36.9 Å². The van der Waals surface area contributed by atoms with E-state index in [4.69, 9.17) is 5.73 Å². The highest BCUT2D eigenvalue weighted by atomic mass is 15.2. The molecule has 0 amide bonds. The quantitative estimate of drug-likeness (QED) is 0.689. The molecule has 1 aromatic carbocycles. The number of hydrogen-bond donors (Lipinski definition) is 1. The van der Waals surface area contributed by atoms with E-state index in [1.54, 1.807) is 0 Å². The molecule has 14 heavy (non-hydrogen) atoms. The molecule has 1 aliphatic rings. The van der Waals surface area contributed by atoms with Crippen molar-refractivity contribution in [2.75, 3.05) is 23.7 Å². The molecule has 1 fully saturated rings. The molecule has 0 bridgehead atoms. The van der Waals surface area contributed by atoms with Gasteiger partial charge in [-0.25, -0.2) is 0 Å². The Morgan fingerprint density at radius 3 is 2.86 bits per heavy atom. The summed E-state index contributed by atoms with van der Waals surface area (Å²) in [5.74, 6) is 0.801. The first-order valence-electron chi connectivity index (χ1n) is 5.28. The van der Waals surface area contributed by atoms with Crippen LogP contribution in [0.3, 0.4) is 0 Å². The Morgan fingerprint density at radius 2 is 2.21 bits per heavy atom. The minimum Gasteiger partial charge on any atom is -0.397 e. The molecule has 0 aliphatic carbocycles. The summed E-state index contributed by atoms with van der Waals surface area (Å²) < 4.78 is 0. The lowest BCUT2D eigenvalue weighted by Crippen LogP contribution is -2.20. The van der Waals surface area contributed by atoms with E-state index in [1.807, 2.05) is 0 Å². The summed E-state index contributed by atoms with van der Waals surface area (Å²) in [6, 6.07) is 6.28. The average Bonchev–Trinajstić information content (AvgIpc) is 2.57. The number of para-hydroxylation sites is 1.